The van der Waals surface area contributed by atoms with E-state index in [0.29, 0.717) is 11.0 Å². The van der Waals surface area contributed by atoms with Gasteiger partial charge in [-0.1, -0.05) is 18.2 Å². The molecule has 4 nitrogen and oxygen atoms in total. The minimum atomic E-state index is -0.225. The Hall–Kier alpha value is -1.95. The van der Waals surface area contributed by atoms with Crippen LogP contribution in [0.4, 0.5) is 10.1 Å². The van der Waals surface area contributed by atoms with Crippen molar-refractivity contribution in [3.05, 3.63) is 62.7 Å². The third-order valence-electron chi connectivity index (χ3n) is 3.82. The molecule has 0 atom stereocenters. The van der Waals surface area contributed by atoms with Gasteiger partial charge in [0.05, 0.1) is 11.9 Å². The van der Waals surface area contributed by atoms with Crippen molar-refractivity contribution in [2.24, 2.45) is 7.05 Å². The number of rotatable bonds is 2. The highest BCUT2D eigenvalue weighted by atomic mass is 79.9. The molecule has 1 aromatic heterocycles. The van der Waals surface area contributed by atoms with Gasteiger partial charge in [0.2, 0.25) is 0 Å². The van der Waals surface area contributed by atoms with Gasteiger partial charge in [0.25, 0.3) is 5.56 Å². The van der Waals surface area contributed by atoms with E-state index in [1.54, 1.807) is 25.4 Å². The molecule has 0 fully saturated rings. The van der Waals surface area contributed by atoms with Crippen LogP contribution < -0.4 is 10.5 Å². The Morgan fingerprint density at radius 3 is 2.64 bits per heavy atom. The second kappa shape index (κ2) is 6.04. The second-order valence-electron chi connectivity index (χ2n) is 5.20. The molecule has 2 heterocycles. The average Bonchev–Trinajstić information content (AvgIpc) is 2.54. The molecule has 0 unspecified atom stereocenters. The minimum absolute atomic E-state index is 0.147. The summed E-state index contributed by atoms with van der Waals surface area (Å²) < 4.78 is 14.8. The summed E-state index contributed by atoms with van der Waals surface area (Å²) in [6.45, 7) is 1.48. The van der Waals surface area contributed by atoms with Crippen molar-refractivity contribution in [1.29, 1.82) is 0 Å². The second-order valence-corrected chi connectivity index (χ2v) is 6.00. The van der Waals surface area contributed by atoms with Crippen LogP contribution in [0.5, 0.6) is 0 Å². The fraction of sp³-hybridized carbons (Fsp3) is 0.250. The number of aromatic nitrogens is 2. The zero-order chi connectivity index (χ0) is 15.7. The largest absolute Gasteiger partial charge is 0.365 e. The van der Waals surface area contributed by atoms with Gasteiger partial charge < -0.3 is 4.90 Å². The van der Waals surface area contributed by atoms with Crippen molar-refractivity contribution in [3.8, 4) is 0 Å². The van der Waals surface area contributed by atoms with Crippen molar-refractivity contribution >= 4 is 27.2 Å². The van der Waals surface area contributed by atoms with Crippen LogP contribution in [0.15, 0.2) is 45.8 Å². The van der Waals surface area contributed by atoms with Crippen LogP contribution in [0, 0.1) is 5.82 Å². The average molecular weight is 364 g/mol. The molecule has 1 aliphatic rings. The molecular weight excluding hydrogens is 349 g/mol. The number of halogens is 2. The lowest BCUT2D eigenvalue weighted by Gasteiger charge is -2.29. The van der Waals surface area contributed by atoms with Gasteiger partial charge in [-0.3, -0.25) is 4.79 Å². The summed E-state index contributed by atoms with van der Waals surface area (Å²) in [6.07, 6.45) is 4.65. The van der Waals surface area contributed by atoms with E-state index >= 15 is 0 Å². The Balaban J connectivity index is 1.83. The summed E-state index contributed by atoms with van der Waals surface area (Å²) in [5.74, 6) is -0.225. The molecule has 1 aromatic carbocycles. The highest BCUT2D eigenvalue weighted by molar-refractivity contribution is 9.10. The first-order valence-corrected chi connectivity index (χ1v) is 7.77. The van der Waals surface area contributed by atoms with E-state index in [2.05, 4.69) is 32.0 Å². The first-order chi connectivity index (χ1) is 10.6. The number of benzene rings is 1. The molecule has 2 aromatic rings. The predicted molar refractivity (Wildman–Crippen MR) is 88.4 cm³/mol. The van der Waals surface area contributed by atoms with Crippen molar-refractivity contribution in [1.82, 2.24) is 9.78 Å². The normalized spacial score (nSPS) is 14.9. The summed E-state index contributed by atoms with van der Waals surface area (Å²) in [5.41, 5.74) is 2.90. The number of aryl methyl sites for hydroxylation is 1. The lowest BCUT2D eigenvalue weighted by molar-refractivity contribution is 0.627. The maximum Gasteiger partial charge on any atom is 0.282 e. The maximum atomic E-state index is 13.0. The third-order valence-corrected chi connectivity index (χ3v) is 4.57. The standard InChI is InChI=1S/C16H15BrFN3O/c1-20-16(22)15(17)14(10-19-20)21-8-6-12(7-9-21)11-2-4-13(18)5-3-11/h2-6,10H,7-9H2,1H3. The molecule has 22 heavy (non-hydrogen) atoms. The smallest absolute Gasteiger partial charge is 0.282 e. The third kappa shape index (κ3) is 2.83. The van der Waals surface area contributed by atoms with E-state index in [9.17, 15) is 9.18 Å². The highest BCUT2D eigenvalue weighted by Crippen LogP contribution is 2.28. The van der Waals surface area contributed by atoms with Crippen molar-refractivity contribution in [3.63, 3.8) is 0 Å². The van der Waals surface area contributed by atoms with Gasteiger partial charge in [-0.25, -0.2) is 9.07 Å². The molecule has 0 aliphatic carbocycles. The lowest BCUT2D eigenvalue weighted by atomic mass is 9.99. The SMILES string of the molecule is Cn1ncc(N2CC=C(c3ccc(F)cc3)CC2)c(Br)c1=O. The number of hydrogen-bond acceptors (Lipinski definition) is 3. The molecule has 0 saturated carbocycles. The van der Waals surface area contributed by atoms with Crippen LogP contribution in [-0.2, 0) is 7.05 Å². The Kier molecular flexibility index (Phi) is 4.11. The molecule has 6 heteroatoms. The van der Waals surface area contributed by atoms with Gasteiger partial charge in [0, 0.05) is 20.1 Å². The van der Waals surface area contributed by atoms with Crippen LogP contribution in [0.2, 0.25) is 0 Å². The Bertz CT molecular complexity index is 783. The number of anilines is 1. The van der Waals surface area contributed by atoms with Crippen LogP contribution in [0.3, 0.4) is 0 Å². The molecule has 0 bridgehead atoms. The van der Waals surface area contributed by atoms with E-state index in [1.165, 1.54) is 22.4 Å². The molecule has 0 saturated heterocycles. The van der Waals surface area contributed by atoms with Crippen molar-refractivity contribution in [2.45, 2.75) is 6.42 Å². The van der Waals surface area contributed by atoms with Crippen LogP contribution >= 0.6 is 15.9 Å². The monoisotopic (exact) mass is 363 g/mol. The zero-order valence-corrected chi connectivity index (χ0v) is 13.7. The highest BCUT2D eigenvalue weighted by Gasteiger charge is 2.18. The quantitative estimate of drug-likeness (QED) is 0.823. The van der Waals surface area contributed by atoms with E-state index < -0.39 is 0 Å². The van der Waals surface area contributed by atoms with Gasteiger partial charge in [-0.2, -0.15) is 5.10 Å². The summed E-state index contributed by atoms with van der Waals surface area (Å²) in [4.78, 5) is 14.0. The minimum Gasteiger partial charge on any atom is -0.365 e. The summed E-state index contributed by atoms with van der Waals surface area (Å²) in [6, 6.07) is 6.55. The molecule has 0 N–H and O–H groups in total. The summed E-state index contributed by atoms with van der Waals surface area (Å²) in [7, 11) is 1.62. The first kappa shape index (κ1) is 15.0. The summed E-state index contributed by atoms with van der Waals surface area (Å²) in [5, 5.41) is 4.07. The Morgan fingerprint density at radius 2 is 2.00 bits per heavy atom. The van der Waals surface area contributed by atoms with E-state index in [1.807, 2.05) is 0 Å². The van der Waals surface area contributed by atoms with Gasteiger partial charge >= 0.3 is 0 Å². The molecule has 0 amide bonds. The van der Waals surface area contributed by atoms with Crippen molar-refractivity contribution in [2.75, 3.05) is 18.0 Å². The van der Waals surface area contributed by atoms with Crippen LogP contribution in [-0.4, -0.2) is 22.9 Å². The van der Waals surface area contributed by atoms with Gasteiger partial charge in [-0.05, 0) is 45.6 Å². The Labute approximate surface area is 136 Å². The van der Waals surface area contributed by atoms with E-state index in [0.717, 1.165) is 24.2 Å². The van der Waals surface area contributed by atoms with Gasteiger partial charge in [0.1, 0.15) is 10.3 Å². The van der Waals surface area contributed by atoms with E-state index in [-0.39, 0.29) is 11.4 Å². The summed E-state index contributed by atoms with van der Waals surface area (Å²) >= 11 is 3.36. The van der Waals surface area contributed by atoms with E-state index in [4.69, 9.17) is 0 Å². The fourth-order valence-corrected chi connectivity index (χ4v) is 3.15. The maximum absolute atomic E-state index is 13.0. The predicted octanol–water partition coefficient (Wildman–Crippen LogP) is 2.98. The number of nitrogens with zero attached hydrogens (tertiary/aromatic N) is 3. The molecule has 114 valence electrons. The van der Waals surface area contributed by atoms with Gasteiger partial charge in [0.15, 0.2) is 0 Å². The van der Waals surface area contributed by atoms with Crippen molar-refractivity contribution < 1.29 is 4.39 Å². The molecule has 0 spiro atoms. The lowest BCUT2D eigenvalue weighted by Crippen LogP contribution is -2.31. The first-order valence-electron chi connectivity index (χ1n) is 6.98. The van der Waals surface area contributed by atoms with Crippen LogP contribution in [0.25, 0.3) is 5.57 Å². The van der Waals surface area contributed by atoms with Crippen LogP contribution in [0.1, 0.15) is 12.0 Å². The number of hydrogen-bond donors (Lipinski definition) is 0. The molecule has 3 rings (SSSR count). The molecule has 1 aliphatic heterocycles. The van der Waals surface area contributed by atoms with Gasteiger partial charge in [-0.15, -0.1) is 0 Å². The molecular formula is C16H15BrFN3O. The zero-order valence-electron chi connectivity index (χ0n) is 12.1. The Morgan fingerprint density at radius 1 is 1.27 bits per heavy atom. The molecule has 0 radical (unpaired) electrons. The topological polar surface area (TPSA) is 38.1 Å². The fourth-order valence-electron chi connectivity index (χ4n) is 2.54.